The molecule has 1 heterocycles. The average Bonchev–Trinajstić information content (AvgIpc) is 2.85. The molecule has 108 valence electrons. The zero-order valence-corrected chi connectivity index (χ0v) is 13.3. The average molecular weight is 319 g/mol. The molecule has 0 saturated carbocycles. The summed E-state index contributed by atoms with van der Waals surface area (Å²) in [6, 6.07) is 15.8. The third-order valence-electron chi connectivity index (χ3n) is 3.51. The maximum atomic E-state index is 6.67. The number of fused-ring (bicyclic) bond motifs is 1. The summed E-state index contributed by atoms with van der Waals surface area (Å²) in [5.41, 5.74) is 3.03. The Morgan fingerprint density at radius 2 is 1.90 bits per heavy atom. The van der Waals surface area contributed by atoms with Gasteiger partial charge in [-0.3, -0.25) is 0 Å². The van der Waals surface area contributed by atoms with E-state index in [4.69, 9.17) is 28.2 Å². The van der Waals surface area contributed by atoms with E-state index in [2.05, 4.69) is 11.5 Å². The molecule has 2 nitrogen and oxygen atoms in total. The molecule has 0 fully saturated rings. The molecule has 0 aliphatic heterocycles. The van der Waals surface area contributed by atoms with Crippen LogP contribution in [0.5, 0.6) is 0 Å². The number of nitrogens with zero attached hydrogens (tertiary/aromatic N) is 2. The van der Waals surface area contributed by atoms with Gasteiger partial charge < -0.3 is 4.57 Å². The number of rotatable bonds is 4. The first-order chi connectivity index (χ1) is 10.2. The monoisotopic (exact) mass is 318 g/mol. The Balaban J connectivity index is 2.14. The zero-order valence-electron chi connectivity index (χ0n) is 11.8. The molecular formula is C17H16Cl2N2. The molecule has 0 saturated heterocycles. The fraction of sp³-hybridized carbons (Fsp3) is 0.235. The van der Waals surface area contributed by atoms with E-state index in [1.54, 1.807) is 0 Å². The number of alkyl halides is 1. The van der Waals surface area contributed by atoms with Crippen LogP contribution in [0.2, 0.25) is 5.02 Å². The van der Waals surface area contributed by atoms with E-state index in [0.29, 0.717) is 5.02 Å². The number of hydrogen-bond donors (Lipinski definition) is 0. The van der Waals surface area contributed by atoms with Gasteiger partial charge in [-0.15, -0.1) is 11.6 Å². The molecular weight excluding hydrogens is 303 g/mol. The fourth-order valence-corrected chi connectivity index (χ4v) is 3.02. The molecule has 1 aromatic heterocycles. The van der Waals surface area contributed by atoms with E-state index in [1.807, 2.05) is 48.5 Å². The maximum Gasteiger partial charge on any atom is 0.132 e. The smallest absolute Gasteiger partial charge is 0.132 e. The lowest BCUT2D eigenvalue weighted by Gasteiger charge is -2.13. The van der Waals surface area contributed by atoms with Crippen molar-refractivity contribution in [2.24, 2.45) is 0 Å². The largest absolute Gasteiger partial charge is 0.326 e. The van der Waals surface area contributed by atoms with Crippen molar-refractivity contribution < 1.29 is 0 Å². The Labute approximate surface area is 134 Å². The highest BCUT2D eigenvalue weighted by Gasteiger charge is 2.19. The van der Waals surface area contributed by atoms with Crippen LogP contribution < -0.4 is 0 Å². The van der Waals surface area contributed by atoms with Crippen LogP contribution in [0.15, 0.2) is 48.5 Å². The SMILES string of the molecule is CCCn1c(C(Cl)c2ccccc2)nc2cc(Cl)ccc21. The van der Waals surface area contributed by atoms with Crippen LogP contribution in [-0.4, -0.2) is 9.55 Å². The van der Waals surface area contributed by atoms with E-state index in [9.17, 15) is 0 Å². The minimum absolute atomic E-state index is 0.260. The first-order valence-electron chi connectivity index (χ1n) is 7.05. The van der Waals surface area contributed by atoms with Crippen molar-refractivity contribution in [3.63, 3.8) is 0 Å². The number of imidazole rings is 1. The summed E-state index contributed by atoms with van der Waals surface area (Å²) in [4.78, 5) is 4.71. The molecule has 1 atom stereocenters. The van der Waals surface area contributed by atoms with Crippen LogP contribution in [0, 0.1) is 0 Å². The fourth-order valence-electron chi connectivity index (χ4n) is 2.54. The van der Waals surface area contributed by atoms with Gasteiger partial charge in [0.05, 0.1) is 11.0 Å². The van der Waals surface area contributed by atoms with Crippen molar-refractivity contribution >= 4 is 34.2 Å². The normalized spacial score (nSPS) is 12.7. The second-order valence-electron chi connectivity index (χ2n) is 5.03. The number of aryl methyl sites for hydroxylation is 1. The number of benzene rings is 2. The molecule has 0 N–H and O–H groups in total. The molecule has 4 heteroatoms. The van der Waals surface area contributed by atoms with Gasteiger partial charge in [-0.25, -0.2) is 4.98 Å². The van der Waals surface area contributed by atoms with Gasteiger partial charge in [-0.2, -0.15) is 0 Å². The van der Waals surface area contributed by atoms with Gasteiger partial charge in [0.1, 0.15) is 11.2 Å². The minimum atomic E-state index is -0.260. The molecule has 0 aliphatic carbocycles. The van der Waals surface area contributed by atoms with Crippen molar-refractivity contribution in [3.8, 4) is 0 Å². The van der Waals surface area contributed by atoms with E-state index < -0.39 is 0 Å². The van der Waals surface area contributed by atoms with Crippen molar-refractivity contribution in [2.45, 2.75) is 25.3 Å². The molecule has 0 amide bonds. The van der Waals surface area contributed by atoms with Crippen LogP contribution in [0.25, 0.3) is 11.0 Å². The third-order valence-corrected chi connectivity index (χ3v) is 4.19. The van der Waals surface area contributed by atoms with Gasteiger partial charge in [0, 0.05) is 11.6 Å². The molecule has 21 heavy (non-hydrogen) atoms. The van der Waals surface area contributed by atoms with Crippen LogP contribution in [0.4, 0.5) is 0 Å². The van der Waals surface area contributed by atoms with Gasteiger partial charge in [-0.05, 0) is 30.2 Å². The van der Waals surface area contributed by atoms with Gasteiger partial charge in [-0.1, -0.05) is 48.9 Å². The molecule has 0 spiro atoms. The standard InChI is InChI=1S/C17H16Cl2N2/c1-2-10-21-15-9-8-13(18)11-14(15)20-17(21)16(19)12-6-4-3-5-7-12/h3-9,11,16H,2,10H2,1H3. The maximum absolute atomic E-state index is 6.67. The number of halogens is 2. The van der Waals surface area contributed by atoms with Crippen molar-refractivity contribution in [1.29, 1.82) is 0 Å². The molecule has 3 aromatic rings. The lowest BCUT2D eigenvalue weighted by molar-refractivity contribution is 0.660. The first-order valence-corrected chi connectivity index (χ1v) is 7.87. The van der Waals surface area contributed by atoms with Crippen LogP contribution in [0.3, 0.4) is 0 Å². The van der Waals surface area contributed by atoms with Crippen molar-refractivity contribution in [2.75, 3.05) is 0 Å². The zero-order chi connectivity index (χ0) is 14.8. The minimum Gasteiger partial charge on any atom is -0.326 e. The Bertz CT molecular complexity index is 750. The topological polar surface area (TPSA) is 17.8 Å². The lowest BCUT2D eigenvalue weighted by atomic mass is 10.1. The molecule has 0 radical (unpaired) electrons. The van der Waals surface area contributed by atoms with Crippen molar-refractivity contribution in [3.05, 3.63) is 64.9 Å². The van der Waals surface area contributed by atoms with Crippen LogP contribution in [0.1, 0.15) is 30.1 Å². The Morgan fingerprint density at radius 1 is 1.14 bits per heavy atom. The predicted octanol–water partition coefficient (Wildman–Crippen LogP) is 5.43. The quantitative estimate of drug-likeness (QED) is 0.586. The van der Waals surface area contributed by atoms with Gasteiger partial charge in [0.2, 0.25) is 0 Å². The van der Waals surface area contributed by atoms with E-state index >= 15 is 0 Å². The van der Waals surface area contributed by atoms with Gasteiger partial charge >= 0.3 is 0 Å². The summed E-state index contributed by atoms with van der Waals surface area (Å²) in [5.74, 6) is 0.877. The Morgan fingerprint density at radius 3 is 2.62 bits per heavy atom. The highest BCUT2D eigenvalue weighted by Crippen LogP contribution is 2.31. The number of hydrogen-bond acceptors (Lipinski definition) is 1. The molecule has 0 aliphatic rings. The Kier molecular flexibility index (Phi) is 4.18. The highest BCUT2D eigenvalue weighted by atomic mass is 35.5. The summed E-state index contributed by atoms with van der Waals surface area (Å²) in [5, 5.41) is 0.435. The summed E-state index contributed by atoms with van der Waals surface area (Å²) in [7, 11) is 0. The molecule has 1 unspecified atom stereocenters. The van der Waals surface area contributed by atoms with Crippen molar-refractivity contribution in [1.82, 2.24) is 9.55 Å². The van der Waals surface area contributed by atoms with Crippen LogP contribution >= 0.6 is 23.2 Å². The van der Waals surface area contributed by atoms with Crippen LogP contribution in [-0.2, 0) is 6.54 Å². The molecule has 2 aromatic carbocycles. The second-order valence-corrected chi connectivity index (χ2v) is 5.90. The summed E-state index contributed by atoms with van der Waals surface area (Å²) in [6.45, 7) is 3.04. The predicted molar refractivity (Wildman–Crippen MR) is 89.2 cm³/mol. The summed E-state index contributed by atoms with van der Waals surface area (Å²) >= 11 is 12.7. The van der Waals surface area contributed by atoms with Gasteiger partial charge in [0.25, 0.3) is 0 Å². The number of aromatic nitrogens is 2. The molecule has 0 bridgehead atoms. The summed E-state index contributed by atoms with van der Waals surface area (Å²) in [6.07, 6.45) is 1.03. The Hall–Kier alpha value is -1.51. The third kappa shape index (κ3) is 2.78. The van der Waals surface area contributed by atoms with E-state index in [-0.39, 0.29) is 5.38 Å². The summed E-state index contributed by atoms with van der Waals surface area (Å²) < 4.78 is 2.19. The lowest BCUT2D eigenvalue weighted by Crippen LogP contribution is -2.06. The van der Waals surface area contributed by atoms with E-state index in [0.717, 1.165) is 35.4 Å². The first kappa shape index (κ1) is 14.4. The second kappa shape index (κ2) is 6.08. The molecule has 3 rings (SSSR count). The van der Waals surface area contributed by atoms with E-state index in [1.165, 1.54) is 0 Å². The highest BCUT2D eigenvalue weighted by molar-refractivity contribution is 6.31. The van der Waals surface area contributed by atoms with Gasteiger partial charge in [0.15, 0.2) is 0 Å².